The molecule has 138 valence electrons. The van der Waals surface area contributed by atoms with E-state index in [2.05, 4.69) is 22.4 Å². The summed E-state index contributed by atoms with van der Waals surface area (Å²) >= 11 is 10.8. The van der Waals surface area contributed by atoms with E-state index >= 15 is 0 Å². The van der Waals surface area contributed by atoms with Gasteiger partial charge in [-0.15, -0.1) is 6.58 Å². The average molecular weight is 400 g/mol. The first-order chi connectivity index (χ1) is 13.1. The maximum Gasteiger partial charge on any atom is 0.336 e. The highest BCUT2D eigenvalue weighted by molar-refractivity contribution is 7.80. The van der Waals surface area contributed by atoms with Crippen LogP contribution < -0.4 is 15.5 Å². The van der Waals surface area contributed by atoms with Gasteiger partial charge in [0.15, 0.2) is 5.11 Å². The highest BCUT2D eigenvalue weighted by Gasteiger charge is 2.00. The third-order valence-electron chi connectivity index (χ3n) is 3.17. The summed E-state index contributed by atoms with van der Waals surface area (Å²) in [4.78, 5) is 11.9. The normalized spacial score (nSPS) is 10.7. The summed E-state index contributed by atoms with van der Waals surface area (Å²) in [6.07, 6.45) is 6.32. The third-order valence-corrected chi connectivity index (χ3v) is 3.65. The lowest BCUT2D eigenvalue weighted by molar-refractivity contribution is -0.128. The first kappa shape index (κ1) is 20.4. The Balaban J connectivity index is 1.83. The third kappa shape index (κ3) is 7.85. The van der Waals surface area contributed by atoms with Crippen LogP contribution in [0.5, 0.6) is 5.75 Å². The summed E-state index contributed by atoms with van der Waals surface area (Å²) < 4.78 is 5.25. The fraction of sp³-hybridized carbons (Fsp3) is 0.0500. The maximum absolute atomic E-state index is 11.9. The van der Waals surface area contributed by atoms with Crippen LogP contribution in [-0.4, -0.2) is 23.8 Å². The lowest BCUT2D eigenvalue weighted by Gasteiger charge is -2.03. The van der Waals surface area contributed by atoms with Gasteiger partial charge >= 0.3 is 5.97 Å². The molecule has 0 spiro atoms. The van der Waals surface area contributed by atoms with Crippen LogP contribution in [0.3, 0.4) is 0 Å². The Hall–Kier alpha value is -2.96. The number of hydrazone groups is 1. The molecule has 0 fully saturated rings. The molecule has 0 aromatic heterocycles. The van der Waals surface area contributed by atoms with Crippen molar-refractivity contribution in [1.29, 1.82) is 0 Å². The molecule has 27 heavy (non-hydrogen) atoms. The molecule has 0 bridgehead atoms. The number of benzene rings is 2. The van der Waals surface area contributed by atoms with Gasteiger partial charge in [0.1, 0.15) is 5.75 Å². The van der Waals surface area contributed by atoms with Crippen molar-refractivity contribution < 1.29 is 9.53 Å². The number of hydrogen-bond donors (Lipinski definition) is 2. The molecule has 0 unspecified atom stereocenters. The van der Waals surface area contributed by atoms with Crippen molar-refractivity contribution in [2.45, 2.75) is 0 Å². The van der Waals surface area contributed by atoms with Crippen molar-refractivity contribution in [2.75, 3.05) is 6.54 Å². The Kier molecular flexibility index (Phi) is 8.22. The van der Waals surface area contributed by atoms with Gasteiger partial charge in [0.25, 0.3) is 0 Å². The molecule has 0 atom stereocenters. The van der Waals surface area contributed by atoms with Crippen LogP contribution in [0.25, 0.3) is 6.08 Å². The smallest absolute Gasteiger partial charge is 0.336 e. The summed E-state index contributed by atoms with van der Waals surface area (Å²) in [6.45, 7) is 4.15. The van der Waals surface area contributed by atoms with E-state index in [0.717, 1.165) is 11.1 Å². The van der Waals surface area contributed by atoms with Gasteiger partial charge in [-0.1, -0.05) is 29.8 Å². The van der Waals surface area contributed by atoms with Crippen LogP contribution in [0.4, 0.5) is 0 Å². The van der Waals surface area contributed by atoms with Gasteiger partial charge in [-0.2, -0.15) is 5.10 Å². The molecule has 0 heterocycles. The van der Waals surface area contributed by atoms with E-state index in [0.29, 0.717) is 22.4 Å². The van der Waals surface area contributed by atoms with Crippen molar-refractivity contribution in [2.24, 2.45) is 5.10 Å². The Labute approximate surface area is 168 Å². The zero-order chi connectivity index (χ0) is 19.5. The standard InChI is InChI=1S/C20H18ClN3O2S/c1-2-13-22-20(27)24-23-14-16-5-10-18(11-6-16)26-19(25)12-7-15-3-8-17(21)9-4-15/h2-12,14H,1,13H2,(H2,22,24,27)/b12-7+,23-14-. The summed E-state index contributed by atoms with van der Waals surface area (Å²) in [5.74, 6) is -0.0271. The minimum atomic E-state index is -0.466. The van der Waals surface area contributed by atoms with E-state index in [1.54, 1.807) is 54.8 Å². The maximum atomic E-state index is 11.9. The van der Waals surface area contributed by atoms with Crippen LogP contribution in [-0.2, 0) is 4.79 Å². The first-order valence-corrected chi connectivity index (χ1v) is 8.79. The van der Waals surface area contributed by atoms with E-state index in [9.17, 15) is 4.79 Å². The van der Waals surface area contributed by atoms with Crippen LogP contribution in [0.15, 0.2) is 72.4 Å². The molecule has 7 heteroatoms. The van der Waals surface area contributed by atoms with Crippen LogP contribution in [0, 0.1) is 0 Å². The fourth-order valence-corrected chi connectivity index (χ4v) is 2.14. The number of halogens is 1. The Morgan fingerprint density at radius 2 is 1.81 bits per heavy atom. The number of nitrogens with one attached hydrogen (secondary N) is 2. The summed E-state index contributed by atoms with van der Waals surface area (Å²) in [5.41, 5.74) is 4.37. The summed E-state index contributed by atoms with van der Waals surface area (Å²) in [6, 6.07) is 14.1. The molecular weight excluding hydrogens is 382 g/mol. The molecule has 2 aromatic rings. The van der Waals surface area contributed by atoms with Gasteiger partial charge in [0.2, 0.25) is 0 Å². The van der Waals surface area contributed by atoms with Crippen molar-refractivity contribution in [3.05, 3.63) is 83.4 Å². The fourth-order valence-electron chi connectivity index (χ4n) is 1.88. The van der Waals surface area contributed by atoms with E-state index in [1.165, 1.54) is 6.08 Å². The van der Waals surface area contributed by atoms with Crippen LogP contribution in [0.2, 0.25) is 5.02 Å². The van der Waals surface area contributed by atoms with Gasteiger partial charge in [-0.05, 0) is 65.8 Å². The number of carbonyl (C=O) groups excluding carboxylic acids is 1. The zero-order valence-corrected chi connectivity index (χ0v) is 16.0. The molecule has 5 nitrogen and oxygen atoms in total. The van der Waals surface area contributed by atoms with Gasteiger partial charge in [-0.3, -0.25) is 5.43 Å². The van der Waals surface area contributed by atoms with Gasteiger partial charge in [0.05, 0.1) is 6.21 Å². The second kappa shape index (κ2) is 10.9. The lowest BCUT2D eigenvalue weighted by atomic mass is 10.2. The molecule has 0 amide bonds. The average Bonchev–Trinajstić information content (AvgIpc) is 2.67. The number of rotatable bonds is 7. The number of ether oxygens (including phenoxy) is 1. The van der Waals surface area contributed by atoms with E-state index in [4.69, 9.17) is 28.6 Å². The van der Waals surface area contributed by atoms with Crippen LogP contribution in [0.1, 0.15) is 11.1 Å². The highest BCUT2D eigenvalue weighted by atomic mass is 35.5. The predicted octanol–water partition coefficient (Wildman–Crippen LogP) is 3.94. The largest absolute Gasteiger partial charge is 0.423 e. The van der Waals surface area contributed by atoms with Gasteiger partial charge < -0.3 is 10.1 Å². The second-order valence-electron chi connectivity index (χ2n) is 5.24. The second-order valence-corrected chi connectivity index (χ2v) is 6.09. The zero-order valence-electron chi connectivity index (χ0n) is 14.4. The number of esters is 1. The quantitative estimate of drug-likeness (QED) is 0.140. The Morgan fingerprint density at radius 1 is 1.15 bits per heavy atom. The Bertz CT molecular complexity index is 847. The van der Waals surface area contributed by atoms with Crippen molar-refractivity contribution >= 4 is 47.2 Å². The van der Waals surface area contributed by atoms with Gasteiger partial charge in [-0.25, -0.2) is 4.79 Å². The number of carbonyl (C=O) groups is 1. The summed E-state index contributed by atoms with van der Waals surface area (Å²) in [7, 11) is 0. The molecule has 0 aliphatic carbocycles. The number of thiocarbonyl (C=S) groups is 1. The molecule has 2 aromatic carbocycles. The predicted molar refractivity (Wildman–Crippen MR) is 114 cm³/mol. The molecule has 0 saturated heterocycles. The minimum absolute atomic E-state index is 0.407. The lowest BCUT2D eigenvalue weighted by Crippen LogP contribution is -2.31. The van der Waals surface area contributed by atoms with Crippen molar-refractivity contribution in [3.8, 4) is 5.75 Å². The Morgan fingerprint density at radius 3 is 2.48 bits per heavy atom. The molecule has 2 rings (SSSR count). The van der Waals surface area contributed by atoms with Crippen molar-refractivity contribution in [1.82, 2.24) is 10.7 Å². The highest BCUT2D eigenvalue weighted by Crippen LogP contribution is 2.13. The van der Waals surface area contributed by atoms with Gasteiger partial charge in [0, 0.05) is 17.6 Å². The SMILES string of the molecule is C=CCNC(=S)N/N=C\c1ccc(OC(=O)/C=C/c2ccc(Cl)cc2)cc1. The monoisotopic (exact) mass is 399 g/mol. The number of nitrogens with zero attached hydrogens (tertiary/aromatic N) is 1. The van der Waals surface area contributed by atoms with E-state index in [1.807, 2.05) is 12.1 Å². The number of hydrogen-bond acceptors (Lipinski definition) is 4. The van der Waals surface area contributed by atoms with E-state index < -0.39 is 5.97 Å². The molecule has 2 N–H and O–H groups in total. The topological polar surface area (TPSA) is 62.7 Å². The van der Waals surface area contributed by atoms with E-state index in [-0.39, 0.29) is 0 Å². The summed E-state index contributed by atoms with van der Waals surface area (Å²) in [5, 5.41) is 7.96. The molecule has 0 saturated carbocycles. The molecule has 0 aliphatic heterocycles. The van der Waals surface area contributed by atoms with Crippen molar-refractivity contribution in [3.63, 3.8) is 0 Å². The molecular formula is C20H18ClN3O2S. The molecule has 0 aliphatic rings. The molecule has 0 radical (unpaired) electrons. The minimum Gasteiger partial charge on any atom is -0.423 e. The first-order valence-electron chi connectivity index (χ1n) is 8.00. The van der Waals surface area contributed by atoms with Crippen LogP contribution >= 0.6 is 23.8 Å².